The highest BCUT2D eigenvalue weighted by Crippen LogP contribution is 2.67. The molecule has 0 aromatic heterocycles. The third-order valence-corrected chi connectivity index (χ3v) is 9.30. The van der Waals surface area contributed by atoms with Crippen LogP contribution in [0.25, 0.3) is 0 Å². The predicted octanol–water partition coefficient (Wildman–Crippen LogP) is 7.45. The Labute approximate surface area is 183 Å². The predicted molar refractivity (Wildman–Crippen MR) is 128 cm³/mol. The highest BCUT2D eigenvalue weighted by molar-refractivity contribution is 7.80. The Morgan fingerprint density at radius 2 is 2.00 bits per heavy atom. The van der Waals surface area contributed by atoms with Crippen LogP contribution >= 0.6 is 12.2 Å². The summed E-state index contributed by atoms with van der Waals surface area (Å²) in [5.41, 5.74) is 6.26. The molecule has 5 unspecified atom stereocenters. The fourth-order valence-corrected chi connectivity index (χ4v) is 7.19. The van der Waals surface area contributed by atoms with Crippen LogP contribution in [0.5, 0.6) is 0 Å². The molecule has 0 aliphatic heterocycles. The van der Waals surface area contributed by atoms with E-state index < -0.39 is 0 Å². The molecule has 0 nitrogen and oxygen atoms in total. The second kappa shape index (κ2) is 7.70. The number of aryl methyl sites for hydroxylation is 1. The Hall–Kier alpha value is -1.39. The summed E-state index contributed by atoms with van der Waals surface area (Å²) in [5.74, 6) is 5.57. The molecule has 5 atom stereocenters. The van der Waals surface area contributed by atoms with Gasteiger partial charge >= 0.3 is 0 Å². The van der Waals surface area contributed by atoms with E-state index in [2.05, 4.69) is 51.5 Å². The van der Waals surface area contributed by atoms with Gasteiger partial charge in [0.25, 0.3) is 0 Å². The van der Waals surface area contributed by atoms with Gasteiger partial charge in [-0.05, 0) is 110 Å². The maximum atomic E-state index is 6.03. The minimum atomic E-state index is 0.0895. The lowest BCUT2D eigenvalue weighted by Crippen LogP contribution is -2.45. The summed E-state index contributed by atoms with van der Waals surface area (Å²) in [7, 11) is 0. The lowest BCUT2D eigenvalue weighted by molar-refractivity contribution is 0.00891. The van der Waals surface area contributed by atoms with Crippen molar-refractivity contribution in [2.24, 2.45) is 22.7 Å². The zero-order valence-corrected chi connectivity index (χ0v) is 19.3. The Morgan fingerprint density at radius 1 is 1.21 bits per heavy atom. The summed E-state index contributed by atoms with van der Waals surface area (Å²) in [6, 6.07) is 7.26. The minimum absolute atomic E-state index is 0.0895. The first kappa shape index (κ1) is 20.9. The average molecular weight is 405 g/mol. The fraction of sp³-hybridized carbons (Fsp3) is 0.607. The average Bonchev–Trinajstić information content (AvgIpc) is 2.97. The molecule has 1 aromatic rings. The first-order valence-electron chi connectivity index (χ1n) is 11.5. The SMILES string of the molecule is C#CC1(C)CCC2C3CCc4cc(CC(=S)CCC(=C)C)ccc4C3CCC21C. The summed E-state index contributed by atoms with van der Waals surface area (Å²) in [6.07, 6.45) is 16.7. The lowest BCUT2D eigenvalue weighted by atomic mass is 9.51. The zero-order chi connectivity index (χ0) is 20.8. The Balaban J connectivity index is 1.52. The quantitative estimate of drug-likeness (QED) is 0.279. The molecular formula is C28H36S. The van der Waals surface area contributed by atoms with Gasteiger partial charge in [0.1, 0.15) is 0 Å². The topological polar surface area (TPSA) is 0 Å². The molecule has 0 amide bonds. The molecule has 0 heterocycles. The van der Waals surface area contributed by atoms with Crippen molar-refractivity contribution in [1.82, 2.24) is 0 Å². The summed E-state index contributed by atoms with van der Waals surface area (Å²) < 4.78 is 0. The number of allylic oxidation sites excluding steroid dienone is 1. The van der Waals surface area contributed by atoms with Crippen LogP contribution in [0.1, 0.15) is 88.3 Å². The highest BCUT2D eigenvalue weighted by atomic mass is 32.1. The molecular weight excluding hydrogens is 368 g/mol. The van der Waals surface area contributed by atoms with Crippen molar-refractivity contribution in [1.29, 1.82) is 0 Å². The number of terminal acetylenes is 1. The van der Waals surface area contributed by atoms with E-state index in [9.17, 15) is 0 Å². The number of thiocarbonyl (C=S) groups is 1. The maximum Gasteiger partial charge on any atom is 0.0340 e. The second-order valence-electron chi connectivity index (χ2n) is 10.6. The molecule has 0 bridgehead atoms. The van der Waals surface area contributed by atoms with Crippen molar-refractivity contribution in [3.8, 4) is 12.3 Å². The van der Waals surface area contributed by atoms with Gasteiger partial charge in [0.2, 0.25) is 0 Å². The smallest absolute Gasteiger partial charge is 0.0340 e. The van der Waals surface area contributed by atoms with E-state index in [1.807, 2.05) is 0 Å². The Morgan fingerprint density at radius 3 is 2.72 bits per heavy atom. The number of hydrogen-bond donors (Lipinski definition) is 0. The van der Waals surface area contributed by atoms with Gasteiger partial charge in [-0.3, -0.25) is 0 Å². The van der Waals surface area contributed by atoms with Crippen LogP contribution in [0, 0.1) is 35.0 Å². The van der Waals surface area contributed by atoms with E-state index >= 15 is 0 Å². The molecule has 4 rings (SSSR count). The van der Waals surface area contributed by atoms with E-state index in [0.29, 0.717) is 5.41 Å². The first-order chi connectivity index (χ1) is 13.8. The molecule has 1 heteroatoms. The van der Waals surface area contributed by atoms with Crippen LogP contribution < -0.4 is 0 Å². The lowest BCUT2D eigenvalue weighted by Gasteiger charge is -2.53. The van der Waals surface area contributed by atoms with Gasteiger partial charge in [-0.1, -0.05) is 48.8 Å². The van der Waals surface area contributed by atoms with Gasteiger partial charge in [-0.15, -0.1) is 13.0 Å². The van der Waals surface area contributed by atoms with Crippen molar-refractivity contribution in [2.75, 3.05) is 0 Å². The van der Waals surface area contributed by atoms with Crippen LogP contribution in [0.15, 0.2) is 30.4 Å². The van der Waals surface area contributed by atoms with Gasteiger partial charge in [0, 0.05) is 11.8 Å². The van der Waals surface area contributed by atoms with Gasteiger partial charge in [0.05, 0.1) is 0 Å². The van der Waals surface area contributed by atoms with Gasteiger partial charge < -0.3 is 0 Å². The van der Waals surface area contributed by atoms with Crippen molar-refractivity contribution >= 4 is 17.1 Å². The summed E-state index contributed by atoms with van der Waals surface area (Å²) >= 11 is 5.64. The molecule has 0 N–H and O–H groups in total. The standard InChI is InChI=1S/C28H36S/c1-6-27(4)15-14-26-25-12-9-21-17-20(18-22(29)10-7-19(2)3)8-11-23(21)24(25)13-16-28(26,27)5/h1,8,11,17,24-26H,2,7,9-10,12-16,18H2,3-5H3. The maximum absolute atomic E-state index is 6.03. The number of hydrogen-bond acceptors (Lipinski definition) is 1. The van der Waals surface area contributed by atoms with E-state index in [-0.39, 0.29) is 5.41 Å². The number of rotatable bonds is 5. The van der Waals surface area contributed by atoms with E-state index in [1.54, 1.807) is 11.1 Å². The molecule has 0 spiro atoms. The highest BCUT2D eigenvalue weighted by Gasteiger charge is 2.59. The first-order valence-corrected chi connectivity index (χ1v) is 11.9. The summed E-state index contributed by atoms with van der Waals surface area (Å²) in [5, 5.41) is 0. The normalized spacial score (nSPS) is 35.2. The van der Waals surface area contributed by atoms with Crippen molar-refractivity contribution in [2.45, 2.75) is 84.5 Å². The molecule has 29 heavy (non-hydrogen) atoms. The third-order valence-electron chi connectivity index (χ3n) is 8.95. The second-order valence-corrected chi connectivity index (χ2v) is 11.2. The van der Waals surface area contributed by atoms with E-state index in [0.717, 1.165) is 41.9 Å². The molecule has 2 saturated carbocycles. The molecule has 0 radical (unpaired) electrons. The van der Waals surface area contributed by atoms with Crippen LogP contribution in [-0.4, -0.2) is 4.86 Å². The molecule has 0 saturated heterocycles. The van der Waals surface area contributed by atoms with Gasteiger partial charge in [-0.25, -0.2) is 0 Å². The number of fused-ring (bicyclic) bond motifs is 5. The van der Waals surface area contributed by atoms with E-state index in [1.165, 1.54) is 49.7 Å². The summed E-state index contributed by atoms with van der Waals surface area (Å²) in [6.45, 7) is 10.9. The van der Waals surface area contributed by atoms with Crippen LogP contribution in [0.2, 0.25) is 0 Å². The van der Waals surface area contributed by atoms with Crippen LogP contribution in [0.4, 0.5) is 0 Å². The van der Waals surface area contributed by atoms with Crippen molar-refractivity contribution in [3.05, 3.63) is 47.0 Å². The number of benzene rings is 1. The fourth-order valence-electron chi connectivity index (χ4n) is 6.92. The van der Waals surface area contributed by atoms with E-state index in [4.69, 9.17) is 18.6 Å². The monoisotopic (exact) mass is 404 g/mol. The molecule has 3 aliphatic rings. The minimum Gasteiger partial charge on any atom is -0.120 e. The Bertz CT molecular complexity index is 871. The third kappa shape index (κ3) is 3.53. The molecule has 1 aromatic carbocycles. The molecule has 3 aliphatic carbocycles. The Kier molecular flexibility index (Phi) is 5.54. The van der Waals surface area contributed by atoms with Crippen LogP contribution in [-0.2, 0) is 12.8 Å². The summed E-state index contributed by atoms with van der Waals surface area (Å²) in [4.78, 5) is 1.16. The van der Waals surface area contributed by atoms with Crippen LogP contribution in [0.3, 0.4) is 0 Å². The van der Waals surface area contributed by atoms with Crippen molar-refractivity contribution < 1.29 is 0 Å². The zero-order valence-electron chi connectivity index (χ0n) is 18.5. The molecule has 2 fully saturated rings. The largest absolute Gasteiger partial charge is 0.120 e. The van der Waals surface area contributed by atoms with Crippen molar-refractivity contribution in [3.63, 3.8) is 0 Å². The van der Waals surface area contributed by atoms with Gasteiger partial charge in [-0.2, -0.15) is 0 Å². The van der Waals surface area contributed by atoms with Gasteiger partial charge in [0.15, 0.2) is 0 Å². The molecule has 154 valence electrons.